The van der Waals surface area contributed by atoms with Gasteiger partial charge in [0.15, 0.2) is 0 Å². The van der Waals surface area contributed by atoms with Crippen LogP contribution in [-0.2, 0) is 26.1 Å². The Morgan fingerprint density at radius 2 is 1.68 bits per heavy atom. The number of nitrogens with zero attached hydrogens (tertiary/aromatic N) is 2. The van der Waals surface area contributed by atoms with E-state index in [1.54, 1.807) is 42.5 Å². The summed E-state index contributed by atoms with van der Waals surface area (Å²) in [5.74, 6) is -0.637. The van der Waals surface area contributed by atoms with Gasteiger partial charge in [-0.05, 0) is 17.7 Å². The fraction of sp³-hybridized carbons (Fsp3) is 0.176. The molecule has 0 bridgehead atoms. The first-order valence-corrected chi connectivity index (χ1v) is 8.93. The first-order chi connectivity index (χ1) is 11.9. The normalized spacial score (nSPS) is 15.6. The van der Waals surface area contributed by atoms with Crippen LogP contribution in [0, 0.1) is 0 Å². The maximum absolute atomic E-state index is 12.9. The van der Waals surface area contributed by atoms with Crippen molar-refractivity contribution in [2.24, 2.45) is 0 Å². The van der Waals surface area contributed by atoms with Gasteiger partial charge >= 0.3 is 12.0 Å². The van der Waals surface area contributed by atoms with Gasteiger partial charge in [0.1, 0.15) is 11.4 Å². The van der Waals surface area contributed by atoms with Gasteiger partial charge in [0.25, 0.3) is 10.0 Å². The minimum Gasteiger partial charge on any atom is -0.468 e. The van der Waals surface area contributed by atoms with Gasteiger partial charge in [0.05, 0.1) is 19.3 Å². The fourth-order valence-electron chi connectivity index (χ4n) is 2.61. The highest BCUT2D eigenvalue weighted by molar-refractivity contribution is 7.90. The van der Waals surface area contributed by atoms with Crippen LogP contribution in [-0.4, -0.2) is 38.4 Å². The van der Waals surface area contributed by atoms with Crippen molar-refractivity contribution in [3.05, 3.63) is 60.2 Å². The summed E-state index contributed by atoms with van der Waals surface area (Å²) in [6, 6.07) is 14.1. The van der Waals surface area contributed by atoms with Crippen LogP contribution in [0.3, 0.4) is 0 Å². The Morgan fingerprint density at radius 3 is 2.36 bits per heavy atom. The van der Waals surface area contributed by atoms with E-state index in [0.717, 1.165) is 9.21 Å². The molecule has 2 aromatic rings. The minimum absolute atomic E-state index is 0.0190. The molecule has 0 aromatic heterocycles. The van der Waals surface area contributed by atoms with Gasteiger partial charge in [0.2, 0.25) is 0 Å². The van der Waals surface area contributed by atoms with Crippen molar-refractivity contribution < 1.29 is 22.7 Å². The largest absolute Gasteiger partial charge is 0.468 e. The molecule has 25 heavy (non-hydrogen) atoms. The number of benzene rings is 2. The smallest absolute Gasteiger partial charge is 0.339 e. The van der Waals surface area contributed by atoms with Crippen LogP contribution in [0.2, 0.25) is 0 Å². The van der Waals surface area contributed by atoms with E-state index in [9.17, 15) is 18.0 Å². The van der Waals surface area contributed by atoms with Crippen LogP contribution in [0.15, 0.2) is 59.5 Å². The number of ether oxygens (including phenoxy) is 1. The lowest BCUT2D eigenvalue weighted by Crippen LogP contribution is -2.51. The lowest BCUT2D eigenvalue weighted by Gasteiger charge is -2.35. The molecule has 8 heteroatoms. The summed E-state index contributed by atoms with van der Waals surface area (Å²) in [5.41, 5.74) is 0.832. The monoisotopic (exact) mass is 360 g/mol. The average Bonchev–Trinajstić information content (AvgIpc) is 2.63. The number of rotatable bonds is 4. The molecule has 7 nitrogen and oxygen atoms in total. The van der Waals surface area contributed by atoms with Gasteiger partial charge in [-0.15, -0.1) is 0 Å². The number of para-hydroxylation sites is 1. The van der Waals surface area contributed by atoms with Crippen LogP contribution in [0.5, 0.6) is 0 Å². The Morgan fingerprint density at radius 1 is 1.04 bits per heavy atom. The zero-order valence-electron chi connectivity index (χ0n) is 13.5. The van der Waals surface area contributed by atoms with E-state index >= 15 is 0 Å². The number of methoxy groups -OCH3 is 1. The molecule has 0 radical (unpaired) electrons. The summed E-state index contributed by atoms with van der Waals surface area (Å²) in [4.78, 5) is 25.6. The highest BCUT2D eigenvalue weighted by atomic mass is 32.2. The first kappa shape index (κ1) is 17.0. The zero-order valence-corrected chi connectivity index (χ0v) is 14.3. The van der Waals surface area contributed by atoms with Crippen LogP contribution >= 0.6 is 0 Å². The summed E-state index contributed by atoms with van der Waals surface area (Å²) in [6.45, 7) is -0.485. The number of urea groups is 1. The Hall–Kier alpha value is -2.87. The molecular weight excluding hydrogens is 344 g/mol. The number of hydrogen-bond acceptors (Lipinski definition) is 5. The molecule has 1 aliphatic rings. The second-order valence-corrected chi connectivity index (χ2v) is 7.24. The molecule has 1 aliphatic heterocycles. The predicted molar refractivity (Wildman–Crippen MR) is 90.4 cm³/mol. The van der Waals surface area contributed by atoms with E-state index in [4.69, 9.17) is 0 Å². The number of esters is 1. The number of carbonyl (C=O) groups excluding carboxylic acids is 2. The van der Waals surface area contributed by atoms with Crippen LogP contribution in [0.25, 0.3) is 0 Å². The Bertz CT molecular complexity index is 912. The van der Waals surface area contributed by atoms with E-state index in [-0.39, 0.29) is 23.7 Å². The number of sulfonamides is 1. The molecule has 0 aliphatic carbocycles. The maximum atomic E-state index is 12.9. The average molecular weight is 360 g/mol. The van der Waals surface area contributed by atoms with Crippen molar-refractivity contribution in [2.45, 2.75) is 11.4 Å². The number of carbonyl (C=O) groups is 2. The van der Waals surface area contributed by atoms with Crippen LogP contribution in [0.4, 0.5) is 10.5 Å². The zero-order chi connectivity index (χ0) is 18.0. The minimum atomic E-state index is -4.02. The van der Waals surface area contributed by atoms with Crippen molar-refractivity contribution in [2.75, 3.05) is 18.6 Å². The summed E-state index contributed by atoms with van der Waals surface area (Å²) < 4.78 is 31.2. The van der Waals surface area contributed by atoms with Gasteiger partial charge in [-0.2, -0.15) is 0 Å². The number of hydrogen-bond donors (Lipinski definition) is 0. The molecule has 130 valence electrons. The summed E-state index contributed by atoms with van der Waals surface area (Å²) in [7, 11) is -2.81. The van der Waals surface area contributed by atoms with Crippen molar-refractivity contribution in [3.8, 4) is 0 Å². The Kier molecular flexibility index (Phi) is 4.45. The van der Waals surface area contributed by atoms with Crippen molar-refractivity contribution in [1.82, 2.24) is 4.31 Å². The van der Waals surface area contributed by atoms with E-state index in [0.29, 0.717) is 5.56 Å². The molecule has 0 atom stereocenters. The Labute approximate surface area is 145 Å². The van der Waals surface area contributed by atoms with Gasteiger partial charge in [-0.3, -0.25) is 9.69 Å². The van der Waals surface area contributed by atoms with Gasteiger partial charge in [0, 0.05) is 0 Å². The number of fused-ring (bicyclic) bond motifs is 1. The molecule has 0 saturated carbocycles. The molecule has 0 N–H and O–H groups in total. The van der Waals surface area contributed by atoms with E-state index in [1.807, 2.05) is 0 Å². The summed E-state index contributed by atoms with van der Waals surface area (Å²) >= 11 is 0. The lowest BCUT2D eigenvalue weighted by molar-refractivity contribution is -0.138. The summed E-state index contributed by atoms with van der Waals surface area (Å²) in [6.07, 6.45) is 0. The third-order valence-electron chi connectivity index (χ3n) is 3.85. The van der Waals surface area contributed by atoms with Crippen molar-refractivity contribution in [1.29, 1.82) is 0 Å². The third-order valence-corrected chi connectivity index (χ3v) is 5.62. The highest BCUT2D eigenvalue weighted by Crippen LogP contribution is 2.34. The molecule has 2 aromatic carbocycles. The van der Waals surface area contributed by atoms with Gasteiger partial charge < -0.3 is 4.74 Å². The van der Waals surface area contributed by atoms with Crippen molar-refractivity contribution >= 4 is 27.7 Å². The molecule has 2 amide bonds. The molecule has 1 heterocycles. The molecule has 0 fully saturated rings. The SMILES string of the molecule is COC(=O)CN1C(=O)N(Cc2ccccc2)S(=O)(=O)c2ccccc21. The van der Waals surface area contributed by atoms with Crippen molar-refractivity contribution in [3.63, 3.8) is 0 Å². The number of amides is 2. The highest BCUT2D eigenvalue weighted by Gasteiger charge is 2.42. The van der Waals surface area contributed by atoms with E-state index in [1.165, 1.54) is 19.2 Å². The summed E-state index contributed by atoms with van der Waals surface area (Å²) in [5, 5.41) is 0. The molecule has 0 unspecified atom stereocenters. The van der Waals surface area contributed by atoms with Gasteiger partial charge in [-0.1, -0.05) is 42.5 Å². The maximum Gasteiger partial charge on any atom is 0.339 e. The topological polar surface area (TPSA) is 84.0 Å². The number of anilines is 1. The molecule has 0 spiro atoms. The predicted octanol–water partition coefficient (Wildman–Crippen LogP) is 1.99. The third kappa shape index (κ3) is 3.08. The first-order valence-electron chi connectivity index (χ1n) is 7.49. The van der Waals surface area contributed by atoms with E-state index < -0.39 is 22.0 Å². The standard InChI is InChI=1S/C17H16N2O5S/c1-24-16(20)12-18-14-9-5-6-10-15(14)25(22,23)19(17(18)21)11-13-7-3-2-4-8-13/h2-10H,11-12H2,1H3. The van der Waals surface area contributed by atoms with E-state index in [2.05, 4.69) is 4.74 Å². The second-order valence-electron chi connectivity index (χ2n) is 5.41. The molecular formula is C17H16N2O5S. The quantitative estimate of drug-likeness (QED) is 0.779. The lowest BCUT2D eigenvalue weighted by atomic mass is 10.2. The van der Waals surface area contributed by atoms with Crippen LogP contribution in [0.1, 0.15) is 5.56 Å². The molecule has 0 saturated heterocycles. The Balaban J connectivity index is 2.07. The van der Waals surface area contributed by atoms with Crippen LogP contribution < -0.4 is 4.90 Å². The fourth-order valence-corrected chi connectivity index (χ4v) is 4.16. The van der Waals surface area contributed by atoms with Gasteiger partial charge in [-0.25, -0.2) is 17.5 Å². The second kappa shape index (κ2) is 6.56. The molecule has 3 rings (SSSR count).